The van der Waals surface area contributed by atoms with Crippen molar-refractivity contribution in [2.45, 2.75) is 51.2 Å². The van der Waals surface area contributed by atoms with Crippen LogP contribution in [0.1, 0.15) is 39.5 Å². The fourth-order valence-electron chi connectivity index (χ4n) is 3.40. The second-order valence-corrected chi connectivity index (χ2v) is 6.24. The molecule has 0 aromatic heterocycles. The molecule has 0 aromatic carbocycles. The average molecular weight is 257 g/mol. The highest BCUT2D eigenvalue weighted by Crippen LogP contribution is 2.47. The van der Waals surface area contributed by atoms with Crippen molar-refractivity contribution in [1.82, 2.24) is 0 Å². The Bertz CT molecular complexity index is 276. The van der Waals surface area contributed by atoms with Gasteiger partial charge >= 0.3 is 0 Å². The van der Waals surface area contributed by atoms with Crippen LogP contribution in [0.25, 0.3) is 0 Å². The molecular formula is C14H27NO3. The maximum Gasteiger partial charge on any atom is 0.0764 e. The molecule has 2 saturated heterocycles. The molecular weight excluding hydrogens is 230 g/mol. The van der Waals surface area contributed by atoms with E-state index in [1.54, 1.807) is 0 Å². The summed E-state index contributed by atoms with van der Waals surface area (Å²) in [5, 5.41) is 11.2. The largest absolute Gasteiger partial charge is 0.389 e. The zero-order valence-electron chi connectivity index (χ0n) is 11.7. The van der Waals surface area contributed by atoms with Crippen LogP contribution in [0.3, 0.4) is 0 Å². The van der Waals surface area contributed by atoms with Crippen molar-refractivity contribution in [3.8, 4) is 0 Å². The lowest BCUT2D eigenvalue weighted by Gasteiger charge is -2.52. The predicted molar refractivity (Wildman–Crippen MR) is 70.3 cm³/mol. The smallest absolute Gasteiger partial charge is 0.0764 e. The van der Waals surface area contributed by atoms with Crippen LogP contribution in [-0.2, 0) is 9.47 Å². The molecule has 2 fully saturated rings. The van der Waals surface area contributed by atoms with Gasteiger partial charge in [0.15, 0.2) is 0 Å². The first-order chi connectivity index (χ1) is 8.53. The number of rotatable bonds is 3. The number of hydrogen-bond acceptors (Lipinski definition) is 4. The summed E-state index contributed by atoms with van der Waals surface area (Å²) in [5.74, 6) is 0.437. The third kappa shape index (κ3) is 2.44. The summed E-state index contributed by atoms with van der Waals surface area (Å²) in [4.78, 5) is 0. The van der Waals surface area contributed by atoms with E-state index >= 15 is 0 Å². The second kappa shape index (κ2) is 5.45. The molecule has 2 heterocycles. The SMILES string of the molecule is CC(C)C1CC(O)(C2(CN)CCOCC2)CCO1. The van der Waals surface area contributed by atoms with E-state index in [1.807, 2.05) is 0 Å². The fourth-order valence-corrected chi connectivity index (χ4v) is 3.40. The minimum Gasteiger partial charge on any atom is -0.389 e. The molecule has 0 aromatic rings. The molecule has 106 valence electrons. The van der Waals surface area contributed by atoms with E-state index in [1.165, 1.54) is 0 Å². The molecule has 4 nitrogen and oxygen atoms in total. The molecule has 0 saturated carbocycles. The minimum atomic E-state index is -0.682. The molecule has 18 heavy (non-hydrogen) atoms. The van der Waals surface area contributed by atoms with Gasteiger partial charge in [-0.05, 0) is 18.8 Å². The van der Waals surface area contributed by atoms with E-state index in [0.717, 1.165) is 12.8 Å². The van der Waals surface area contributed by atoms with Crippen LogP contribution in [0.4, 0.5) is 0 Å². The first kappa shape index (κ1) is 14.3. The normalized spacial score (nSPS) is 36.8. The zero-order chi connectivity index (χ0) is 13.2. The summed E-state index contributed by atoms with van der Waals surface area (Å²) in [6, 6.07) is 0. The average Bonchev–Trinajstić information content (AvgIpc) is 2.39. The Labute approximate surface area is 110 Å². The molecule has 0 amide bonds. The first-order valence-electron chi connectivity index (χ1n) is 7.15. The number of ether oxygens (including phenoxy) is 2. The van der Waals surface area contributed by atoms with E-state index in [-0.39, 0.29) is 11.5 Å². The van der Waals surface area contributed by atoms with E-state index in [4.69, 9.17) is 15.2 Å². The lowest BCUT2D eigenvalue weighted by atomic mass is 9.62. The molecule has 2 aliphatic heterocycles. The summed E-state index contributed by atoms with van der Waals surface area (Å²) in [6.45, 7) is 6.91. The fraction of sp³-hybridized carbons (Fsp3) is 1.00. The third-order valence-electron chi connectivity index (χ3n) is 4.96. The molecule has 3 N–H and O–H groups in total. The quantitative estimate of drug-likeness (QED) is 0.800. The summed E-state index contributed by atoms with van der Waals surface area (Å²) in [6.07, 6.45) is 3.29. The van der Waals surface area contributed by atoms with E-state index in [0.29, 0.717) is 45.1 Å². The highest BCUT2D eigenvalue weighted by Gasteiger charge is 2.52. The zero-order valence-corrected chi connectivity index (χ0v) is 11.7. The molecule has 2 aliphatic rings. The van der Waals surface area contributed by atoms with Crippen LogP contribution >= 0.6 is 0 Å². The van der Waals surface area contributed by atoms with Gasteiger partial charge in [-0.3, -0.25) is 0 Å². The Kier molecular flexibility index (Phi) is 4.32. The Morgan fingerprint density at radius 3 is 2.44 bits per heavy atom. The Balaban J connectivity index is 2.16. The topological polar surface area (TPSA) is 64.7 Å². The molecule has 4 heteroatoms. The van der Waals surface area contributed by atoms with E-state index in [2.05, 4.69) is 13.8 Å². The Hall–Kier alpha value is -0.160. The number of hydrogen-bond donors (Lipinski definition) is 2. The van der Waals surface area contributed by atoms with Gasteiger partial charge < -0.3 is 20.3 Å². The monoisotopic (exact) mass is 257 g/mol. The van der Waals surface area contributed by atoms with Crippen LogP contribution in [0, 0.1) is 11.3 Å². The van der Waals surface area contributed by atoms with Gasteiger partial charge in [0.05, 0.1) is 11.7 Å². The van der Waals surface area contributed by atoms with Crippen LogP contribution in [-0.4, -0.2) is 43.2 Å². The maximum atomic E-state index is 11.2. The van der Waals surface area contributed by atoms with Crippen molar-refractivity contribution in [1.29, 1.82) is 0 Å². The highest BCUT2D eigenvalue weighted by molar-refractivity contribution is 5.03. The van der Waals surface area contributed by atoms with Crippen molar-refractivity contribution in [2.75, 3.05) is 26.4 Å². The van der Waals surface area contributed by atoms with Gasteiger partial charge in [-0.25, -0.2) is 0 Å². The van der Waals surface area contributed by atoms with Gasteiger partial charge in [0.25, 0.3) is 0 Å². The predicted octanol–water partition coefficient (Wildman–Crippen LogP) is 1.31. The Morgan fingerprint density at radius 2 is 1.89 bits per heavy atom. The van der Waals surface area contributed by atoms with Crippen molar-refractivity contribution in [3.05, 3.63) is 0 Å². The number of nitrogens with two attached hydrogens (primary N) is 1. The molecule has 0 spiro atoms. The summed E-state index contributed by atoms with van der Waals surface area (Å²) in [5.41, 5.74) is 5.16. The van der Waals surface area contributed by atoms with Crippen molar-refractivity contribution in [3.63, 3.8) is 0 Å². The van der Waals surface area contributed by atoms with Crippen molar-refractivity contribution in [2.24, 2.45) is 17.1 Å². The van der Waals surface area contributed by atoms with Crippen LogP contribution in [0.2, 0.25) is 0 Å². The van der Waals surface area contributed by atoms with Gasteiger partial charge in [0.1, 0.15) is 0 Å². The lowest BCUT2D eigenvalue weighted by molar-refractivity contribution is -0.194. The molecule has 2 atom stereocenters. The Morgan fingerprint density at radius 1 is 1.22 bits per heavy atom. The van der Waals surface area contributed by atoms with Gasteiger partial charge in [0.2, 0.25) is 0 Å². The van der Waals surface area contributed by atoms with Gasteiger partial charge in [-0.1, -0.05) is 13.8 Å². The van der Waals surface area contributed by atoms with Gasteiger partial charge in [-0.15, -0.1) is 0 Å². The van der Waals surface area contributed by atoms with E-state index in [9.17, 15) is 5.11 Å². The van der Waals surface area contributed by atoms with Crippen molar-refractivity contribution < 1.29 is 14.6 Å². The summed E-state index contributed by atoms with van der Waals surface area (Å²) in [7, 11) is 0. The van der Waals surface area contributed by atoms with Gasteiger partial charge in [-0.2, -0.15) is 0 Å². The molecule has 2 rings (SSSR count). The molecule has 0 bridgehead atoms. The standard InChI is InChI=1S/C14H27NO3/c1-11(2)12-9-14(16,5-8-18-12)13(10-15)3-6-17-7-4-13/h11-12,16H,3-10,15H2,1-2H3. The minimum absolute atomic E-state index is 0.148. The molecule has 2 unspecified atom stereocenters. The van der Waals surface area contributed by atoms with E-state index < -0.39 is 5.60 Å². The molecule has 0 radical (unpaired) electrons. The van der Waals surface area contributed by atoms with Crippen LogP contribution < -0.4 is 5.73 Å². The van der Waals surface area contributed by atoms with Crippen LogP contribution in [0.5, 0.6) is 0 Å². The second-order valence-electron chi connectivity index (χ2n) is 6.24. The number of aliphatic hydroxyl groups is 1. The summed E-state index contributed by atoms with van der Waals surface area (Å²) < 4.78 is 11.2. The van der Waals surface area contributed by atoms with Gasteiger partial charge in [0, 0.05) is 44.6 Å². The lowest BCUT2D eigenvalue weighted by Crippen LogP contribution is -2.59. The molecule has 0 aliphatic carbocycles. The highest BCUT2D eigenvalue weighted by atomic mass is 16.5. The third-order valence-corrected chi connectivity index (χ3v) is 4.96. The first-order valence-corrected chi connectivity index (χ1v) is 7.15. The maximum absolute atomic E-state index is 11.2. The van der Waals surface area contributed by atoms with Crippen LogP contribution in [0.15, 0.2) is 0 Å². The summed E-state index contributed by atoms with van der Waals surface area (Å²) >= 11 is 0. The van der Waals surface area contributed by atoms with Crippen molar-refractivity contribution >= 4 is 0 Å².